The Morgan fingerprint density at radius 1 is 1.24 bits per heavy atom. The zero-order valence-corrected chi connectivity index (χ0v) is 12.8. The van der Waals surface area contributed by atoms with E-state index in [1.54, 1.807) is 7.11 Å². The number of methoxy groups -OCH3 is 1. The molecule has 1 atom stereocenters. The van der Waals surface area contributed by atoms with Gasteiger partial charge in [-0.2, -0.15) is 0 Å². The molecule has 0 aliphatic carbocycles. The van der Waals surface area contributed by atoms with Crippen molar-refractivity contribution < 1.29 is 4.74 Å². The molecule has 0 aliphatic heterocycles. The smallest absolute Gasteiger partial charge is 0.0637 e. The lowest BCUT2D eigenvalue weighted by Gasteiger charge is -2.38. The van der Waals surface area contributed by atoms with Crippen LogP contribution in [0.3, 0.4) is 0 Å². The summed E-state index contributed by atoms with van der Waals surface area (Å²) in [5.74, 6) is 0. The van der Waals surface area contributed by atoms with Crippen LogP contribution in [0.25, 0.3) is 0 Å². The van der Waals surface area contributed by atoms with Crippen LogP contribution in [-0.4, -0.2) is 43.3 Å². The predicted molar refractivity (Wildman–Crippen MR) is 75.2 cm³/mol. The van der Waals surface area contributed by atoms with Crippen LogP contribution in [0, 0.1) is 5.41 Å². The zero-order valence-electron chi connectivity index (χ0n) is 12.8. The van der Waals surface area contributed by atoms with Crippen molar-refractivity contribution in [1.82, 2.24) is 4.90 Å². The summed E-state index contributed by atoms with van der Waals surface area (Å²) in [5, 5.41) is 0. The highest BCUT2D eigenvalue weighted by Gasteiger charge is 2.27. The number of nitrogens with two attached hydrogens (primary N) is 1. The summed E-state index contributed by atoms with van der Waals surface area (Å²) >= 11 is 0. The first kappa shape index (κ1) is 16.9. The Hall–Kier alpha value is -0.120. The molecule has 0 aromatic carbocycles. The van der Waals surface area contributed by atoms with Gasteiger partial charge in [0.05, 0.1) is 5.60 Å². The van der Waals surface area contributed by atoms with E-state index < -0.39 is 0 Å². The molecule has 3 nitrogen and oxygen atoms in total. The number of hydrogen-bond donors (Lipinski definition) is 1. The van der Waals surface area contributed by atoms with E-state index in [4.69, 9.17) is 10.5 Å². The van der Waals surface area contributed by atoms with Crippen molar-refractivity contribution in [3.05, 3.63) is 0 Å². The maximum absolute atomic E-state index is 5.81. The van der Waals surface area contributed by atoms with E-state index in [9.17, 15) is 0 Å². The lowest BCUT2D eigenvalue weighted by atomic mass is 9.91. The molecule has 0 aromatic rings. The molecule has 0 saturated carbocycles. The topological polar surface area (TPSA) is 38.5 Å². The summed E-state index contributed by atoms with van der Waals surface area (Å²) in [6.45, 7) is 16.1. The van der Waals surface area contributed by atoms with Gasteiger partial charge in [0.25, 0.3) is 0 Å². The number of nitrogens with zero attached hydrogens (tertiary/aromatic N) is 1. The molecule has 0 radical (unpaired) electrons. The lowest BCUT2D eigenvalue weighted by molar-refractivity contribution is -0.00961. The molecule has 104 valence electrons. The molecule has 2 N–H and O–H groups in total. The first-order valence-electron chi connectivity index (χ1n) is 6.66. The summed E-state index contributed by atoms with van der Waals surface area (Å²) in [6, 6.07) is 0.515. The fourth-order valence-electron chi connectivity index (χ4n) is 2.12. The number of hydrogen-bond acceptors (Lipinski definition) is 3. The fourth-order valence-corrected chi connectivity index (χ4v) is 2.12. The molecule has 0 amide bonds. The number of rotatable bonds is 8. The van der Waals surface area contributed by atoms with Crippen LogP contribution in [-0.2, 0) is 4.74 Å². The minimum atomic E-state index is -0.0559. The maximum atomic E-state index is 5.81. The average molecular weight is 244 g/mol. The molecule has 0 aliphatic rings. The number of ether oxygens (including phenoxy) is 1. The first-order chi connectivity index (χ1) is 7.67. The zero-order chi connectivity index (χ0) is 13.7. The van der Waals surface area contributed by atoms with E-state index in [0.29, 0.717) is 6.04 Å². The van der Waals surface area contributed by atoms with Gasteiger partial charge in [0.1, 0.15) is 0 Å². The van der Waals surface area contributed by atoms with E-state index >= 15 is 0 Å². The Kier molecular flexibility index (Phi) is 6.67. The van der Waals surface area contributed by atoms with Gasteiger partial charge >= 0.3 is 0 Å². The van der Waals surface area contributed by atoms with Gasteiger partial charge in [-0.15, -0.1) is 0 Å². The van der Waals surface area contributed by atoms with Crippen molar-refractivity contribution in [2.75, 3.05) is 26.7 Å². The van der Waals surface area contributed by atoms with Gasteiger partial charge in [0.2, 0.25) is 0 Å². The highest BCUT2D eigenvalue weighted by atomic mass is 16.5. The quantitative estimate of drug-likeness (QED) is 0.713. The third-order valence-corrected chi connectivity index (χ3v) is 3.55. The Morgan fingerprint density at radius 2 is 1.76 bits per heavy atom. The van der Waals surface area contributed by atoms with Gasteiger partial charge in [0, 0.05) is 19.7 Å². The molecule has 17 heavy (non-hydrogen) atoms. The maximum Gasteiger partial charge on any atom is 0.0637 e. The second-order valence-electron chi connectivity index (χ2n) is 6.45. The second-order valence-corrected chi connectivity index (χ2v) is 6.45. The minimum Gasteiger partial charge on any atom is -0.379 e. The van der Waals surface area contributed by atoms with E-state index in [1.807, 2.05) is 0 Å². The monoisotopic (exact) mass is 244 g/mol. The van der Waals surface area contributed by atoms with Gasteiger partial charge in [-0.1, -0.05) is 20.8 Å². The van der Waals surface area contributed by atoms with Crippen LogP contribution in [0.1, 0.15) is 48.0 Å². The Balaban J connectivity index is 4.46. The van der Waals surface area contributed by atoms with Crippen molar-refractivity contribution in [2.45, 2.75) is 59.6 Å². The van der Waals surface area contributed by atoms with Crippen LogP contribution < -0.4 is 5.73 Å². The summed E-state index contributed by atoms with van der Waals surface area (Å²) in [7, 11) is 1.78. The third kappa shape index (κ3) is 6.39. The standard InChI is InChI=1S/C14H32N2O/c1-8-16(11-13(3,4)10-15)12(2)9-14(5,6)17-7/h12H,8-11,15H2,1-7H3. The molecule has 1 unspecified atom stereocenters. The normalized spacial score (nSPS) is 15.4. The SMILES string of the molecule is CCN(CC(C)(C)CN)C(C)CC(C)(C)OC. The van der Waals surface area contributed by atoms with Crippen molar-refractivity contribution in [3.8, 4) is 0 Å². The molecular weight excluding hydrogens is 212 g/mol. The van der Waals surface area contributed by atoms with E-state index in [1.165, 1.54) is 0 Å². The van der Waals surface area contributed by atoms with Crippen LogP contribution >= 0.6 is 0 Å². The van der Waals surface area contributed by atoms with E-state index in [2.05, 4.69) is 46.4 Å². The molecule has 0 fully saturated rings. The van der Waals surface area contributed by atoms with Gasteiger partial charge in [-0.05, 0) is 45.7 Å². The van der Waals surface area contributed by atoms with Crippen LogP contribution in [0.15, 0.2) is 0 Å². The Labute approximate surface area is 108 Å². The van der Waals surface area contributed by atoms with E-state index in [0.717, 1.165) is 26.1 Å². The second kappa shape index (κ2) is 6.72. The molecule has 0 heterocycles. The van der Waals surface area contributed by atoms with Crippen LogP contribution in [0.4, 0.5) is 0 Å². The van der Waals surface area contributed by atoms with Crippen molar-refractivity contribution in [3.63, 3.8) is 0 Å². The largest absolute Gasteiger partial charge is 0.379 e. The highest BCUT2D eigenvalue weighted by Crippen LogP contribution is 2.22. The average Bonchev–Trinajstić information content (AvgIpc) is 2.25. The van der Waals surface area contributed by atoms with Crippen molar-refractivity contribution in [1.29, 1.82) is 0 Å². The molecule has 0 spiro atoms. The minimum absolute atomic E-state index is 0.0559. The lowest BCUT2D eigenvalue weighted by Crippen LogP contribution is -2.45. The summed E-state index contributed by atoms with van der Waals surface area (Å²) in [5.41, 5.74) is 5.94. The van der Waals surface area contributed by atoms with Crippen molar-refractivity contribution in [2.24, 2.45) is 11.1 Å². The molecule has 0 saturated heterocycles. The summed E-state index contributed by atoms with van der Waals surface area (Å²) < 4.78 is 5.51. The molecular formula is C14H32N2O. The van der Waals surface area contributed by atoms with Crippen molar-refractivity contribution >= 4 is 0 Å². The summed E-state index contributed by atoms with van der Waals surface area (Å²) in [4.78, 5) is 2.49. The van der Waals surface area contributed by atoms with Crippen LogP contribution in [0.2, 0.25) is 0 Å². The fraction of sp³-hybridized carbons (Fsp3) is 1.00. The predicted octanol–water partition coefficient (Wildman–Crippen LogP) is 2.50. The summed E-state index contributed by atoms with van der Waals surface area (Å²) in [6.07, 6.45) is 1.04. The molecule has 3 heteroatoms. The first-order valence-corrected chi connectivity index (χ1v) is 6.66. The van der Waals surface area contributed by atoms with E-state index in [-0.39, 0.29) is 11.0 Å². The molecule has 0 rings (SSSR count). The van der Waals surface area contributed by atoms with Gasteiger partial charge in [-0.3, -0.25) is 0 Å². The highest BCUT2D eigenvalue weighted by molar-refractivity contribution is 4.81. The molecule has 0 aromatic heterocycles. The van der Waals surface area contributed by atoms with Gasteiger partial charge in [0.15, 0.2) is 0 Å². The third-order valence-electron chi connectivity index (χ3n) is 3.55. The Morgan fingerprint density at radius 3 is 2.12 bits per heavy atom. The van der Waals surface area contributed by atoms with Gasteiger partial charge in [-0.25, -0.2) is 0 Å². The Bertz CT molecular complexity index is 214. The molecule has 0 bridgehead atoms. The van der Waals surface area contributed by atoms with Crippen LogP contribution in [0.5, 0.6) is 0 Å². The van der Waals surface area contributed by atoms with Gasteiger partial charge < -0.3 is 15.4 Å².